The van der Waals surface area contributed by atoms with Crippen molar-refractivity contribution in [2.45, 2.75) is 61.4 Å². The number of phenols is 4. The molecule has 4 rings (SSSR count). The van der Waals surface area contributed by atoms with Crippen LogP contribution in [0.25, 0.3) is 12.2 Å². The lowest BCUT2D eigenvalue weighted by Gasteiger charge is -2.45. The molecule has 2 saturated heterocycles. The fourth-order valence-electron chi connectivity index (χ4n) is 4.57. The number of hydrogen-bond acceptors (Lipinski definition) is 17. The number of benzene rings is 2. The summed E-state index contributed by atoms with van der Waals surface area (Å²) in [5.41, 5.74) is 0.698. The molecule has 0 saturated carbocycles. The lowest BCUT2D eigenvalue weighted by molar-refractivity contribution is -0.361. The van der Waals surface area contributed by atoms with Crippen molar-refractivity contribution < 1.29 is 84.3 Å². The Bertz CT molecular complexity index is 1460. The lowest BCUT2D eigenvalue weighted by atomic mass is 9.97. The lowest BCUT2D eigenvalue weighted by Crippen LogP contribution is -2.64. The van der Waals surface area contributed by atoms with Gasteiger partial charge in [-0.1, -0.05) is 12.1 Å². The highest BCUT2D eigenvalue weighted by Gasteiger charge is 2.50. The van der Waals surface area contributed by atoms with E-state index >= 15 is 0 Å². The van der Waals surface area contributed by atoms with E-state index in [1.807, 2.05) is 0 Å². The van der Waals surface area contributed by atoms with Crippen LogP contribution in [0.4, 0.5) is 0 Å². The van der Waals surface area contributed by atoms with Gasteiger partial charge in [-0.15, -0.1) is 0 Å². The van der Waals surface area contributed by atoms with E-state index in [-0.39, 0.29) is 11.5 Å². The molecule has 10 N–H and O–H groups in total. The number of aromatic hydroxyl groups is 4. The molecule has 2 fully saturated rings. The Morgan fingerprint density at radius 3 is 1.57 bits per heavy atom. The number of phenolic OH excluding ortho intramolecular Hbond substituents is 4. The molecule has 2 aromatic carbocycles. The van der Waals surface area contributed by atoms with Crippen molar-refractivity contribution in [2.75, 3.05) is 13.2 Å². The number of aliphatic hydroxyl groups is 6. The van der Waals surface area contributed by atoms with Crippen LogP contribution in [-0.2, 0) is 33.3 Å². The molecule has 17 heteroatoms. The zero-order chi connectivity index (χ0) is 34.4. The largest absolute Gasteiger partial charge is 0.504 e. The number of rotatable bonds is 10. The zero-order valence-corrected chi connectivity index (χ0v) is 24.3. The summed E-state index contributed by atoms with van der Waals surface area (Å²) < 4.78 is 26.1. The van der Waals surface area contributed by atoms with Crippen LogP contribution in [0.2, 0.25) is 0 Å². The topological polar surface area (TPSA) is 283 Å². The molecule has 17 nitrogen and oxygen atoms in total. The van der Waals surface area contributed by atoms with Crippen LogP contribution in [0.1, 0.15) is 11.1 Å². The van der Waals surface area contributed by atoms with Crippen LogP contribution in [0.3, 0.4) is 0 Å². The Morgan fingerprint density at radius 1 is 0.617 bits per heavy atom. The third kappa shape index (κ3) is 8.95. The van der Waals surface area contributed by atoms with E-state index in [4.69, 9.17) is 23.7 Å². The molecule has 0 aromatic heterocycles. The van der Waals surface area contributed by atoms with Crippen molar-refractivity contribution in [2.24, 2.45) is 0 Å². The normalized spacial score (nSPS) is 31.2. The van der Waals surface area contributed by atoms with E-state index in [0.29, 0.717) is 11.1 Å². The zero-order valence-electron chi connectivity index (χ0n) is 24.3. The van der Waals surface area contributed by atoms with Crippen molar-refractivity contribution in [1.29, 1.82) is 0 Å². The van der Waals surface area contributed by atoms with Crippen molar-refractivity contribution in [3.8, 4) is 23.0 Å². The van der Waals surface area contributed by atoms with Gasteiger partial charge in [0, 0.05) is 12.2 Å². The molecule has 0 aliphatic carbocycles. The average molecular weight is 667 g/mol. The van der Waals surface area contributed by atoms with Crippen molar-refractivity contribution in [3.05, 3.63) is 59.7 Å². The second kappa shape index (κ2) is 15.5. The van der Waals surface area contributed by atoms with Crippen LogP contribution in [0, 0.1) is 0 Å². The Hall–Kier alpha value is -4.30. The Morgan fingerprint density at radius 2 is 1.09 bits per heavy atom. The van der Waals surface area contributed by atoms with Crippen molar-refractivity contribution in [3.63, 3.8) is 0 Å². The highest BCUT2D eigenvalue weighted by Crippen LogP contribution is 2.30. The second-order valence-corrected chi connectivity index (χ2v) is 10.6. The number of aliphatic hydroxyl groups excluding tert-OH is 6. The van der Waals surface area contributed by atoms with E-state index in [2.05, 4.69) is 0 Å². The summed E-state index contributed by atoms with van der Waals surface area (Å²) in [5.74, 6) is -3.38. The van der Waals surface area contributed by atoms with E-state index in [9.17, 15) is 60.7 Å². The molecule has 0 spiro atoms. The molecule has 256 valence electrons. The summed E-state index contributed by atoms with van der Waals surface area (Å²) in [6, 6.07) is 7.59. The average Bonchev–Trinajstić information content (AvgIpc) is 3.04. The fraction of sp³-hybridized carbons (Fsp3) is 0.400. The predicted octanol–water partition coefficient (Wildman–Crippen LogP) is -2.05. The van der Waals surface area contributed by atoms with E-state index in [1.54, 1.807) is 0 Å². The third-order valence-corrected chi connectivity index (χ3v) is 7.22. The standard InChI is InChI=1S/C30H34O17/c31-15-5-1-13(9-17(15)33)3-7-21(35)43-11-19-24(38)26(40)28(29(42)45-19)47-30-27(41)25(39)23(37)20(46-30)12-44-22(36)8-4-14-2-6-16(32)18(34)10-14/h1-10,19-20,23-34,37-42H,11-12H2/b7-3+,8-4+/t19-,20-,23-,24-,25+,26+,27-,28-,29-,30+/m1/s1. The minimum atomic E-state index is -1.98. The quantitative estimate of drug-likeness (QED) is 0.0742. The number of carbonyl (C=O) groups is 2. The van der Waals surface area contributed by atoms with Gasteiger partial charge in [-0.25, -0.2) is 9.59 Å². The number of carbonyl (C=O) groups excluding carboxylic acids is 2. The van der Waals surface area contributed by atoms with Gasteiger partial charge in [-0.3, -0.25) is 0 Å². The van der Waals surface area contributed by atoms with Gasteiger partial charge in [0.05, 0.1) is 0 Å². The van der Waals surface area contributed by atoms with Gasteiger partial charge < -0.3 is 74.7 Å². The van der Waals surface area contributed by atoms with Gasteiger partial charge in [0.15, 0.2) is 35.6 Å². The molecule has 10 atom stereocenters. The number of hydrogen-bond donors (Lipinski definition) is 10. The monoisotopic (exact) mass is 666 g/mol. The van der Waals surface area contributed by atoms with Crippen LogP contribution in [-0.4, -0.2) is 138 Å². The predicted molar refractivity (Wildman–Crippen MR) is 154 cm³/mol. The first-order valence-corrected chi connectivity index (χ1v) is 14.0. The highest BCUT2D eigenvalue weighted by atomic mass is 16.7. The molecule has 2 aliphatic heterocycles. The van der Waals surface area contributed by atoms with E-state index in [1.165, 1.54) is 48.6 Å². The smallest absolute Gasteiger partial charge is 0.330 e. The molecule has 2 aliphatic rings. The summed E-state index contributed by atoms with van der Waals surface area (Å²) in [6.07, 6.45) is -13.3. The molecule has 0 radical (unpaired) electrons. The van der Waals surface area contributed by atoms with E-state index < -0.39 is 98.1 Å². The van der Waals surface area contributed by atoms with Crippen molar-refractivity contribution >= 4 is 24.1 Å². The molecule has 0 unspecified atom stereocenters. The van der Waals surface area contributed by atoms with Gasteiger partial charge in [0.2, 0.25) is 0 Å². The summed E-state index contributed by atoms with van der Waals surface area (Å²) in [7, 11) is 0. The summed E-state index contributed by atoms with van der Waals surface area (Å²) in [5, 5.41) is 101. The summed E-state index contributed by atoms with van der Waals surface area (Å²) in [6.45, 7) is -1.28. The van der Waals surface area contributed by atoms with Gasteiger partial charge in [0.25, 0.3) is 0 Å². The summed E-state index contributed by atoms with van der Waals surface area (Å²) in [4.78, 5) is 24.3. The van der Waals surface area contributed by atoms with Gasteiger partial charge in [-0.2, -0.15) is 0 Å². The van der Waals surface area contributed by atoms with E-state index in [0.717, 1.165) is 12.2 Å². The van der Waals surface area contributed by atoms with Crippen LogP contribution < -0.4 is 0 Å². The minimum absolute atomic E-state index is 0.344. The maximum absolute atomic E-state index is 12.2. The fourth-order valence-corrected chi connectivity index (χ4v) is 4.57. The van der Waals surface area contributed by atoms with Crippen LogP contribution in [0.15, 0.2) is 48.6 Å². The molecule has 2 heterocycles. The maximum Gasteiger partial charge on any atom is 0.330 e. The van der Waals surface area contributed by atoms with Crippen molar-refractivity contribution in [1.82, 2.24) is 0 Å². The molecule has 0 bridgehead atoms. The van der Waals surface area contributed by atoms with Gasteiger partial charge >= 0.3 is 11.9 Å². The third-order valence-electron chi connectivity index (χ3n) is 7.22. The maximum atomic E-state index is 12.2. The Labute approximate surface area is 265 Å². The second-order valence-electron chi connectivity index (χ2n) is 10.6. The Balaban J connectivity index is 1.30. The first-order valence-electron chi connectivity index (χ1n) is 14.0. The minimum Gasteiger partial charge on any atom is -0.504 e. The van der Waals surface area contributed by atoms with Crippen LogP contribution >= 0.6 is 0 Å². The van der Waals surface area contributed by atoms with Crippen LogP contribution in [0.5, 0.6) is 23.0 Å². The van der Waals surface area contributed by atoms with Gasteiger partial charge in [-0.05, 0) is 47.5 Å². The number of ether oxygens (including phenoxy) is 5. The first kappa shape index (κ1) is 35.6. The molecule has 0 amide bonds. The highest BCUT2D eigenvalue weighted by molar-refractivity contribution is 5.87. The van der Waals surface area contributed by atoms with Gasteiger partial charge in [0.1, 0.15) is 62.0 Å². The Kier molecular flexibility index (Phi) is 11.7. The molecular formula is C30H34O17. The molecular weight excluding hydrogens is 632 g/mol. The molecule has 2 aromatic rings. The molecule has 47 heavy (non-hydrogen) atoms. The summed E-state index contributed by atoms with van der Waals surface area (Å²) >= 11 is 0. The first-order chi connectivity index (χ1) is 22.2. The number of esters is 2. The SMILES string of the molecule is O=C(/C=C/c1ccc(O)c(O)c1)OC[C@H]1O[C@@H](O[C@@H]2[C@@H](O)[C@H](O)[C@@H](COC(=O)/C=C/c3ccc(O)c(O)c3)O[C@H]2O)[C@H](O)[C@@H](O)[C@@H]1O.